The number of hydrogen-bond donors (Lipinski definition) is 1. The fraction of sp³-hybridized carbons (Fsp3) is 0.562. The van der Waals surface area contributed by atoms with Crippen LogP contribution in [-0.4, -0.2) is 12.1 Å². The molecule has 2 atom stereocenters. The van der Waals surface area contributed by atoms with Gasteiger partial charge in [0.05, 0.1) is 5.56 Å². The molecular weight excluding hydrogens is 256 g/mol. The van der Waals surface area contributed by atoms with E-state index in [0.29, 0.717) is 11.5 Å². The van der Waals surface area contributed by atoms with E-state index < -0.39 is 0 Å². The number of esters is 1. The Morgan fingerprint density at radius 1 is 1.37 bits per heavy atom. The number of ether oxygens (including phenoxy) is 1. The van der Waals surface area contributed by atoms with Crippen molar-refractivity contribution in [1.29, 1.82) is 0 Å². The van der Waals surface area contributed by atoms with Crippen LogP contribution in [0.1, 0.15) is 50.4 Å². The highest BCUT2D eigenvalue weighted by molar-refractivity contribution is 7.80. The highest BCUT2D eigenvalue weighted by atomic mass is 32.1. The summed E-state index contributed by atoms with van der Waals surface area (Å²) >= 11 is 4.25. The van der Waals surface area contributed by atoms with Crippen LogP contribution in [0, 0.1) is 11.3 Å². The van der Waals surface area contributed by atoms with Gasteiger partial charge in [0.15, 0.2) is 0 Å². The Bertz CT molecular complexity index is 468. The van der Waals surface area contributed by atoms with Crippen LogP contribution < -0.4 is 0 Å². The molecule has 0 amide bonds. The van der Waals surface area contributed by atoms with Gasteiger partial charge in [0, 0.05) is 4.90 Å². The maximum atomic E-state index is 12.1. The number of carbonyl (C=O) groups is 1. The van der Waals surface area contributed by atoms with Crippen LogP contribution in [0.15, 0.2) is 29.2 Å². The number of carbonyl (C=O) groups excluding carboxylic acids is 1. The summed E-state index contributed by atoms with van der Waals surface area (Å²) in [6.45, 7) is 6.73. The summed E-state index contributed by atoms with van der Waals surface area (Å²) in [5.41, 5.74) is 0.845. The Morgan fingerprint density at radius 3 is 2.74 bits per heavy atom. The minimum atomic E-state index is -0.231. The van der Waals surface area contributed by atoms with Crippen LogP contribution in [0.4, 0.5) is 0 Å². The van der Waals surface area contributed by atoms with Crippen molar-refractivity contribution in [3.8, 4) is 0 Å². The van der Waals surface area contributed by atoms with Gasteiger partial charge in [0.2, 0.25) is 0 Å². The second-order valence-corrected chi connectivity index (χ2v) is 7.01. The number of thiol groups is 1. The van der Waals surface area contributed by atoms with Crippen molar-refractivity contribution in [3.63, 3.8) is 0 Å². The normalized spacial score (nSPS) is 25.9. The van der Waals surface area contributed by atoms with Crippen LogP contribution in [-0.2, 0) is 4.74 Å². The predicted molar refractivity (Wildman–Crippen MR) is 79.7 cm³/mol. The molecular formula is C16H22O2S. The van der Waals surface area contributed by atoms with Crippen molar-refractivity contribution < 1.29 is 9.53 Å². The van der Waals surface area contributed by atoms with E-state index in [1.165, 1.54) is 6.42 Å². The van der Waals surface area contributed by atoms with Crippen LogP contribution >= 0.6 is 12.6 Å². The molecule has 104 valence electrons. The molecule has 2 nitrogen and oxygen atoms in total. The highest BCUT2D eigenvalue weighted by Gasteiger charge is 2.34. The van der Waals surface area contributed by atoms with E-state index in [9.17, 15) is 4.79 Å². The summed E-state index contributed by atoms with van der Waals surface area (Å²) in [7, 11) is 0. The Balaban J connectivity index is 2.03. The maximum absolute atomic E-state index is 12.1. The van der Waals surface area contributed by atoms with Gasteiger partial charge < -0.3 is 4.74 Å². The third kappa shape index (κ3) is 4.00. The molecule has 1 aliphatic carbocycles. The van der Waals surface area contributed by atoms with Crippen molar-refractivity contribution in [2.75, 3.05) is 0 Å². The minimum absolute atomic E-state index is 0.0369. The first kappa shape index (κ1) is 14.4. The van der Waals surface area contributed by atoms with Gasteiger partial charge in [-0.05, 0) is 48.8 Å². The molecule has 19 heavy (non-hydrogen) atoms. The molecule has 1 fully saturated rings. The predicted octanol–water partition coefficient (Wildman–Crippen LogP) is 4.35. The van der Waals surface area contributed by atoms with Gasteiger partial charge in [-0.3, -0.25) is 0 Å². The van der Waals surface area contributed by atoms with Crippen molar-refractivity contribution in [2.45, 2.75) is 51.0 Å². The number of hydrogen-bond acceptors (Lipinski definition) is 3. The lowest BCUT2D eigenvalue weighted by Gasteiger charge is -2.38. The van der Waals surface area contributed by atoms with E-state index in [4.69, 9.17) is 4.74 Å². The molecule has 0 N–H and O–H groups in total. The van der Waals surface area contributed by atoms with Crippen molar-refractivity contribution in [3.05, 3.63) is 29.8 Å². The lowest BCUT2D eigenvalue weighted by atomic mass is 9.71. The maximum Gasteiger partial charge on any atom is 0.338 e. The monoisotopic (exact) mass is 278 g/mol. The van der Waals surface area contributed by atoms with E-state index in [0.717, 1.165) is 17.7 Å². The SMILES string of the molecule is CC1CC(OC(=O)c2cccc(S)c2)CC(C)(C)C1. The zero-order valence-corrected chi connectivity index (χ0v) is 12.7. The molecule has 0 radical (unpaired) electrons. The molecule has 0 heterocycles. The number of rotatable bonds is 2. The lowest BCUT2D eigenvalue weighted by molar-refractivity contribution is -0.00716. The highest BCUT2D eigenvalue weighted by Crippen LogP contribution is 2.39. The molecule has 1 saturated carbocycles. The fourth-order valence-corrected chi connectivity index (χ4v) is 3.43. The van der Waals surface area contributed by atoms with Crippen molar-refractivity contribution in [2.24, 2.45) is 11.3 Å². The summed E-state index contributed by atoms with van der Waals surface area (Å²) < 4.78 is 5.67. The molecule has 0 saturated heterocycles. The summed E-state index contributed by atoms with van der Waals surface area (Å²) in [4.78, 5) is 12.9. The Morgan fingerprint density at radius 2 is 2.11 bits per heavy atom. The van der Waals surface area contributed by atoms with Crippen LogP contribution in [0.2, 0.25) is 0 Å². The second-order valence-electron chi connectivity index (χ2n) is 6.49. The summed E-state index contributed by atoms with van der Waals surface area (Å²) in [6.07, 6.45) is 3.15. The zero-order chi connectivity index (χ0) is 14.0. The van der Waals surface area contributed by atoms with E-state index >= 15 is 0 Å². The largest absolute Gasteiger partial charge is 0.459 e. The van der Waals surface area contributed by atoms with Gasteiger partial charge in [0.25, 0.3) is 0 Å². The van der Waals surface area contributed by atoms with Gasteiger partial charge in [0.1, 0.15) is 6.10 Å². The van der Waals surface area contributed by atoms with Crippen LogP contribution in [0.3, 0.4) is 0 Å². The van der Waals surface area contributed by atoms with E-state index in [1.54, 1.807) is 12.1 Å². The van der Waals surface area contributed by atoms with Crippen LogP contribution in [0.5, 0.6) is 0 Å². The third-order valence-corrected chi connectivity index (χ3v) is 3.98. The first-order valence-electron chi connectivity index (χ1n) is 6.86. The van der Waals surface area contributed by atoms with Gasteiger partial charge in [-0.1, -0.05) is 26.8 Å². The van der Waals surface area contributed by atoms with Gasteiger partial charge in [-0.15, -0.1) is 12.6 Å². The molecule has 2 rings (SSSR count). The first-order valence-corrected chi connectivity index (χ1v) is 7.30. The molecule has 1 aliphatic rings. The quantitative estimate of drug-likeness (QED) is 0.643. The zero-order valence-electron chi connectivity index (χ0n) is 11.8. The average Bonchev–Trinajstić information content (AvgIpc) is 2.25. The fourth-order valence-electron chi connectivity index (χ4n) is 3.20. The standard InChI is InChI=1S/C16H22O2S/c1-11-7-13(10-16(2,3)9-11)18-15(17)12-5-4-6-14(19)8-12/h4-6,8,11,13,19H,7,9-10H2,1-3H3. The van der Waals surface area contributed by atoms with E-state index in [-0.39, 0.29) is 17.5 Å². The molecule has 0 bridgehead atoms. The van der Waals surface area contributed by atoms with Crippen molar-refractivity contribution >= 4 is 18.6 Å². The van der Waals surface area contributed by atoms with E-state index in [1.807, 2.05) is 12.1 Å². The second kappa shape index (κ2) is 5.58. The first-order chi connectivity index (χ1) is 8.85. The molecule has 3 heteroatoms. The topological polar surface area (TPSA) is 26.3 Å². The van der Waals surface area contributed by atoms with Crippen molar-refractivity contribution in [1.82, 2.24) is 0 Å². The molecule has 0 aromatic heterocycles. The molecule has 1 aromatic carbocycles. The molecule has 2 unspecified atom stereocenters. The minimum Gasteiger partial charge on any atom is -0.459 e. The molecule has 0 spiro atoms. The smallest absolute Gasteiger partial charge is 0.338 e. The van der Waals surface area contributed by atoms with Gasteiger partial charge in [-0.25, -0.2) is 4.79 Å². The van der Waals surface area contributed by atoms with E-state index in [2.05, 4.69) is 33.4 Å². The Kier molecular flexibility index (Phi) is 4.24. The third-order valence-electron chi connectivity index (χ3n) is 3.70. The van der Waals surface area contributed by atoms with Crippen LogP contribution in [0.25, 0.3) is 0 Å². The molecule has 0 aliphatic heterocycles. The summed E-state index contributed by atoms with van der Waals surface area (Å²) in [5, 5.41) is 0. The Hall–Kier alpha value is -0.960. The Labute approximate surface area is 121 Å². The molecule has 1 aromatic rings. The lowest BCUT2D eigenvalue weighted by Crippen LogP contribution is -2.33. The number of benzene rings is 1. The summed E-state index contributed by atoms with van der Waals surface area (Å²) in [6, 6.07) is 7.21. The van der Waals surface area contributed by atoms with Gasteiger partial charge >= 0.3 is 5.97 Å². The van der Waals surface area contributed by atoms with Gasteiger partial charge in [-0.2, -0.15) is 0 Å². The summed E-state index contributed by atoms with van der Waals surface area (Å²) in [5.74, 6) is 0.378. The average molecular weight is 278 g/mol.